The SMILES string of the molecule is Cc1c(F)cc(C(N)=O)cc1-c1ccc2c(cnn2-c2ccccc2)c1. The van der Waals surface area contributed by atoms with E-state index >= 15 is 0 Å². The minimum absolute atomic E-state index is 0.156. The zero-order chi connectivity index (χ0) is 18.3. The molecule has 0 fully saturated rings. The van der Waals surface area contributed by atoms with Crippen molar-refractivity contribution < 1.29 is 9.18 Å². The van der Waals surface area contributed by atoms with Crippen molar-refractivity contribution in [2.24, 2.45) is 5.73 Å². The fourth-order valence-corrected chi connectivity index (χ4v) is 3.10. The van der Waals surface area contributed by atoms with Gasteiger partial charge in [0, 0.05) is 10.9 Å². The van der Waals surface area contributed by atoms with Crippen LogP contribution in [-0.4, -0.2) is 15.7 Å². The van der Waals surface area contributed by atoms with E-state index in [2.05, 4.69) is 5.10 Å². The molecule has 0 radical (unpaired) electrons. The second-order valence-electron chi connectivity index (χ2n) is 6.16. The fourth-order valence-electron chi connectivity index (χ4n) is 3.10. The Bertz CT molecular complexity index is 1130. The molecule has 4 aromatic rings. The maximum Gasteiger partial charge on any atom is 0.248 e. The van der Waals surface area contributed by atoms with Crippen molar-refractivity contribution in [1.29, 1.82) is 0 Å². The van der Waals surface area contributed by atoms with Crippen molar-refractivity contribution in [1.82, 2.24) is 9.78 Å². The van der Waals surface area contributed by atoms with Gasteiger partial charge in [0.1, 0.15) is 5.82 Å². The lowest BCUT2D eigenvalue weighted by molar-refractivity contribution is 0.1000. The first kappa shape index (κ1) is 16.0. The van der Waals surface area contributed by atoms with Gasteiger partial charge in [-0.1, -0.05) is 24.3 Å². The average molecular weight is 345 g/mol. The Morgan fingerprint density at radius 3 is 2.58 bits per heavy atom. The molecular formula is C21H16FN3O. The topological polar surface area (TPSA) is 60.9 Å². The van der Waals surface area contributed by atoms with Crippen molar-refractivity contribution in [3.05, 3.63) is 83.8 Å². The summed E-state index contributed by atoms with van der Waals surface area (Å²) in [5.74, 6) is -1.10. The van der Waals surface area contributed by atoms with E-state index in [1.807, 2.05) is 53.2 Å². The van der Waals surface area contributed by atoms with Gasteiger partial charge in [-0.2, -0.15) is 5.10 Å². The van der Waals surface area contributed by atoms with Gasteiger partial charge < -0.3 is 5.73 Å². The Morgan fingerprint density at radius 1 is 1.08 bits per heavy atom. The number of fused-ring (bicyclic) bond motifs is 1. The van der Waals surface area contributed by atoms with Gasteiger partial charge in [-0.05, 0) is 60.0 Å². The quantitative estimate of drug-likeness (QED) is 0.604. The lowest BCUT2D eigenvalue weighted by Gasteiger charge is -2.10. The van der Waals surface area contributed by atoms with Crippen molar-refractivity contribution in [2.75, 3.05) is 0 Å². The van der Waals surface area contributed by atoms with Crippen molar-refractivity contribution >= 4 is 16.8 Å². The van der Waals surface area contributed by atoms with Crippen LogP contribution < -0.4 is 5.73 Å². The number of halogens is 1. The number of amides is 1. The molecule has 5 heteroatoms. The molecule has 26 heavy (non-hydrogen) atoms. The van der Waals surface area contributed by atoms with E-state index in [9.17, 15) is 9.18 Å². The van der Waals surface area contributed by atoms with Crippen molar-refractivity contribution in [3.63, 3.8) is 0 Å². The van der Waals surface area contributed by atoms with Crippen LogP contribution in [0.2, 0.25) is 0 Å². The Hall–Kier alpha value is -3.47. The number of para-hydroxylation sites is 1. The summed E-state index contributed by atoms with van der Waals surface area (Å²) in [6.07, 6.45) is 1.77. The molecule has 0 saturated carbocycles. The predicted molar refractivity (Wildman–Crippen MR) is 99.7 cm³/mol. The Morgan fingerprint density at radius 2 is 1.85 bits per heavy atom. The maximum atomic E-state index is 14.2. The van der Waals surface area contributed by atoms with Gasteiger partial charge in [-0.15, -0.1) is 0 Å². The first-order chi connectivity index (χ1) is 12.5. The van der Waals surface area contributed by atoms with Crippen molar-refractivity contribution in [3.8, 4) is 16.8 Å². The van der Waals surface area contributed by atoms with Crippen LogP contribution in [-0.2, 0) is 0 Å². The second kappa shape index (κ2) is 6.11. The second-order valence-corrected chi connectivity index (χ2v) is 6.16. The van der Waals surface area contributed by atoms with E-state index < -0.39 is 11.7 Å². The molecule has 0 bridgehead atoms. The van der Waals surface area contributed by atoms with Crippen LogP contribution in [0.3, 0.4) is 0 Å². The molecule has 1 heterocycles. The smallest absolute Gasteiger partial charge is 0.248 e. The minimum Gasteiger partial charge on any atom is -0.366 e. The normalized spacial score (nSPS) is 11.0. The van der Waals surface area contributed by atoms with Gasteiger partial charge in [-0.25, -0.2) is 9.07 Å². The van der Waals surface area contributed by atoms with Crippen LogP contribution in [0.5, 0.6) is 0 Å². The number of benzene rings is 3. The van der Waals surface area contributed by atoms with E-state index in [-0.39, 0.29) is 5.56 Å². The molecule has 2 N–H and O–H groups in total. The highest BCUT2D eigenvalue weighted by atomic mass is 19.1. The Balaban J connectivity index is 1.86. The molecule has 0 aliphatic heterocycles. The molecule has 0 spiro atoms. The number of hydrogen-bond donors (Lipinski definition) is 1. The zero-order valence-corrected chi connectivity index (χ0v) is 14.1. The average Bonchev–Trinajstić information content (AvgIpc) is 3.07. The number of carbonyl (C=O) groups excluding carboxylic acids is 1. The molecule has 0 aliphatic carbocycles. The van der Waals surface area contributed by atoms with Crippen LogP contribution in [0.25, 0.3) is 27.7 Å². The fraction of sp³-hybridized carbons (Fsp3) is 0.0476. The van der Waals surface area contributed by atoms with E-state index in [1.165, 1.54) is 6.07 Å². The predicted octanol–water partition coefficient (Wildman–Crippen LogP) is 4.24. The summed E-state index contributed by atoms with van der Waals surface area (Å²) >= 11 is 0. The third kappa shape index (κ3) is 2.63. The molecule has 3 aromatic carbocycles. The first-order valence-electron chi connectivity index (χ1n) is 8.18. The van der Waals surface area contributed by atoms with Gasteiger partial charge in [0.05, 0.1) is 17.4 Å². The van der Waals surface area contributed by atoms with Crippen LogP contribution in [0, 0.1) is 12.7 Å². The van der Waals surface area contributed by atoms with E-state index in [1.54, 1.807) is 19.2 Å². The molecule has 1 aromatic heterocycles. The van der Waals surface area contributed by atoms with E-state index in [4.69, 9.17) is 5.73 Å². The molecule has 0 saturated heterocycles. The minimum atomic E-state index is -0.650. The Kier molecular flexibility index (Phi) is 3.77. The van der Waals surface area contributed by atoms with Gasteiger partial charge >= 0.3 is 0 Å². The number of nitrogens with zero attached hydrogens (tertiary/aromatic N) is 2. The lowest BCUT2D eigenvalue weighted by atomic mass is 9.96. The summed E-state index contributed by atoms with van der Waals surface area (Å²) in [6, 6.07) is 18.4. The molecule has 0 unspecified atom stereocenters. The number of aromatic nitrogens is 2. The van der Waals surface area contributed by atoms with Crippen LogP contribution in [0.1, 0.15) is 15.9 Å². The summed E-state index contributed by atoms with van der Waals surface area (Å²) in [5, 5.41) is 5.38. The number of rotatable bonds is 3. The van der Waals surface area contributed by atoms with Gasteiger partial charge in [-0.3, -0.25) is 4.79 Å². The number of carbonyl (C=O) groups is 1. The first-order valence-corrected chi connectivity index (χ1v) is 8.18. The van der Waals surface area contributed by atoms with E-state index in [0.29, 0.717) is 11.1 Å². The summed E-state index contributed by atoms with van der Waals surface area (Å²) in [5.41, 5.74) is 9.32. The van der Waals surface area contributed by atoms with Gasteiger partial charge in [0.2, 0.25) is 5.91 Å². The van der Waals surface area contributed by atoms with E-state index in [0.717, 1.165) is 22.2 Å². The maximum absolute atomic E-state index is 14.2. The summed E-state index contributed by atoms with van der Waals surface area (Å²) in [4.78, 5) is 11.5. The lowest BCUT2D eigenvalue weighted by Crippen LogP contribution is -2.11. The highest BCUT2D eigenvalue weighted by Crippen LogP contribution is 2.30. The largest absolute Gasteiger partial charge is 0.366 e. The molecule has 4 nitrogen and oxygen atoms in total. The molecule has 0 atom stereocenters. The third-order valence-electron chi connectivity index (χ3n) is 4.51. The van der Waals surface area contributed by atoms with Crippen LogP contribution in [0.4, 0.5) is 4.39 Å². The van der Waals surface area contributed by atoms with Crippen LogP contribution >= 0.6 is 0 Å². The number of primary amides is 1. The molecule has 1 amide bonds. The third-order valence-corrected chi connectivity index (χ3v) is 4.51. The standard InChI is InChI=1S/C21H16FN3O/c1-13-18(10-15(21(23)26)11-19(13)22)14-7-8-20-16(9-14)12-24-25(20)17-5-3-2-4-6-17/h2-12H,1H3,(H2,23,26). The number of hydrogen-bond acceptors (Lipinski definition) is 2. The highest BCUT2D eigenvalue weighted by molar-refractivity contribution is 5.95. The van der Waals surface area contributed by atoms with Crippen molar-refractivity contribution in [2.45, 2.75) is 6.92 Å². The monoisotopic (exact) mass is 345 g/mol. The molecule has 128 valence electrons. The molecular weight excluding hydrogens is 329 g/mol. The molecule has 0 aliphatic rings. The summed E-state index contributed by atoms with van der Waals surface area (Å²) in [7, 11) is 0. The summed E-state index contributed by atoms with van der Waals surface area (Å²) in [6.45, 7) is 1.69. The molecule has 4 rings (SSSR count). The van der Waals surface area contributed by atoms with Crippen LogP contribution in [0.15, 0.2) is 66.9 Å². The number of nitrogens with two attached hydrogens (primary N) is 1. The van der Waals surface area contributed by atoms with Gasteiger partial charge in [0.15, 0.2) is 0 Å². The zero-order valence-electron chi connectivity index (χ0n) is 14.1. The highest BCUT2D eigenvalue weighted by Gasteiger charge is 2.13. The Labute approximate surface area is 149 Å². The summed E-state index contributed by atoms with van der Waals surface area (Å²) < 4.78 is 16.1. The van der Waals surface area contributed by atoms with Gasteiger partial charge in [0.25, 0.3) is 0 Å².